The lowest BCUT2D eigenvalue weighted by atomic mass is 10.8. The van der Waals surface area contributed by atoms with Crippen LogP contribution < -0.4 is 0 Å². The Kier molecular flexibility index (Phi) is 5.17. The molecule has 0 aromatic heterocycles. The first-order valence-corrected chi connectivity index (χ1v) is 5.10. The van der Waals surface area contributed by atoms with Gasteiger partial charge in [0.25, 0.3) is 0 Å². The number of halogens is 5. The van der Waals surface area contributed by atoms with Crippen LogP contribution in [0.3, 0.4) is 0 Å². The van der Waals surface area contributed by atoms with Crippen molar-refractivity contribution in [1.82, 2.24) is 0 Å². The fourth-order valence-electron chi connectivity index (χ4n) is 0.148. The van der Waals surface area contributed by atoms with E-state index in [0.29, 0.717) is 0 Å². The molecule has 0 bridgehead atoms. The number of carbonyl (C=O) groups is 1. The number of hydrogen-bond donors (Lipinski definition) is 0. The quantitative estimate of drug-likeness (QED) is 0.512. The first kappa shape index (κ1) is 11.5. The van der Waals surface area contributed by atoms with Crippen molar-refractivity contribution < 1.29 is 9.53 Å². The summed E-state index contributed by atoms with van der Waals surface area (Å²) in [5, 5.41) is 0. The van der Waals surface area contributed by atoms with Crippen LogP contribution in [0.5, 0.6) is 0 Å². The Bertz CT molecular complexity index is 134. The maximum atomic E-state index is 10.1. The lowest BCUT2D eigenvalue weighted by Gasteiger charge is -2.17. The maximum absolute atomic E-state index is 10.1. The summed E-state index contributed by atoms with van der Waals surface area (Å²) in [7, 11) is 0. The molecule has 7 heteroatoms. The Labute approximate surface area is 93.0 Å². The van der Waals surface area contributed by atoms with Crippen molar-refractivity contribution in [3.05, 3.63) is 0 Å². The van der Waals surface area contributed by atoms with Crippen molar-refractivity contribution in [1.29, 1.82) is 0 Å². The van der Waals surface area contributed by atoms with Gasteiger partial charge in [0.1, 0.15) is 0 Å². The second kappa shape index (κ2) is 4.50. The van der Waals surface area contributed by atoms with Crippen molar-refractivity contribution in [2.75, 3.05) is 0 Å². The number of rotatable bonds is 1. The topological polar surface area (TPSA) is 26.3 Å². The van der Waals surface area contributed by atoms with Gasteiger partial charge in [0.15, 0.2) is 2.14 Å². The van der Waals surface area contributed by atoms with Crippen LogP contribution in [0.25, 0.3) is 0 Å². The molecule has 60 valence electrons. The number of ether oxygens (including phenoxy) is 1. The van der Waals surface area contributed by atoms with Gasteiger partial charge in [-0.25, -0.2) is 4.79 Å². The number of carbonyl (C=O) groups excluding carboxylic acids is 1. The summed E-state index contributed by atoms with van der Waals surface area (Å²) >= 11 is 19.5. The molecule has 10 heavy (non-hydrogen) atoms. The van der Waals surface area contributed by atoms with Gasteiger partial charge < -0.3 is 4.74 Å². The summed E-state index contributed by atoms with van der Waals surface area (Å²) in [6, 6.07) is 0. The molecule has 0 aliphatic heterocycles. The third-order valence-electron chi connectivity index (χ3n) is 0.453. The average Bonchev–Trinajstić information content (AvgIpc) is 1.60. The number of alkyl halides is 4. The first-order valence-electron chi connectivity index (χ1n) is 1.91. The summed E-state index contributed by atoms with van der Waals surface area (Å²) in [6.45, 7) is 0. The average molecular weight is 380 g/mol. The molecular weight excluding hydrogens is 379 g/mol. The minimum absolute atomic E-state index is 0.834. The van der Waals surface area contributed by atoms with Gasteiger partial charge in [-0.05, 0) is 0 Å². The van der Waals surface area contributed by atoms with E-state index >= 15 is 0 Å². The van der Waals surface area contributed by atoms with Crippen molar-refractivity contribution in [3.63, 3.8) is 0 Å². The predicted molar refractivity (Wildman–Crippen MR) is 51.5 cm³/mol. The fraction of sp³-hybridized carbons (Fsp3) is 0.667. The number of hydrogen-bond acceptors (Lipinski definition) is 2. The van der Waals surface area contributed by atoms with Gasteiger partial charge in [0, 0.05) is 11.6 Å². The van der Waals surface area contributed by atoms with Gasteiger partial charge >= 0.3 is 5.43 Å². The van der Waals surface area contributed by atoms with Crippen LogP contribution in [0, 0.1) is 0 Å². The zero-order chi connectivity index (χ0) is 8.36. The molecule has 2 nitrogen and oxygen atoms in total. The van der Waals surface area contributed by atoms with E-state index in [1.165, 1.54) is 0 Å². The highest BCUT2D eigenvalue weighted by atomic mass is 80.0. The highest BCUT2D eigenvalue weighted by Crippen LogP contribution is 2.40. The zero-order valence-corrected chi connectivity index (χ0v) is 10.6. The van der Waals surface area contributed by atoms with Crippen LogP contribution in [-0.2, 0) is 4.74 Å². The van der Waals surface area contributed by atoms with Gasteiger partial charge in [-0.1, -0.05) is 59.4 Å². The molecule has 0 N–H and O–H groups in total. The van der Waals surface area contributed by atoms with Crippen molar-refractivity contribution >= 4 is 76.4 Å². The highest BCUT2D eigenvalue weighted by molar-refractivity contribution is 9.39. The van der Waals surface area contributed by atoms with Gasteiger partial charge in [0.2, 0.25) is 5.56 Å². The smallest absolute Gasteiger partial charge is 0.405 e. The van der Waals surface area contributed by atoms with Gasteiger partial charge in [0.05, 0.1) is 0 Å². The molecule has 0 aromatic carbocycles. The van der Waals surface area contributed by atoms with Gasteiger partial charge in [-0.3, -0.25) is 0 Å². The van der Waals surface area contributed by atoms with E-state index in [2.05, 4.69) is 52.5 Å². The molecule has 0 radical (unpaired) electrons. The van der Waals surface area contributed by atoms with E-state index < -0.39 is 13.1 Å². The lowest BCUT2D eigenvalue weighted by Crippen LogP contribution is -2.21. The lowest BCUT2D eigenvalue weighted by molar-refractivity contribution is 0.164. The molecule has 0 saturated heterocycles. The maximum Gasteiger partial charge on any atom is 0.405 e. The van der Waals surface area contributed by atoms with Gasteiger partial charge in [-0.15, -0.1) is 0 Å². The van der Waals surface area contributed by atoms with Crippen LogP contribution in [0.15, 0.2) is 0 Å². The summed E-state index contributed by atoms with van der Waals surface area (Å²) in [5.41, 5.74) is -1.87. The van der Waals surface area contributed by atoms with E-state index in [4.69, 9.17) is 23.2 Å². The molecule has 1 unspecified atom stereocenters. The van der Waals surface area contributed by atoms with Crippen LogP contribution >= 0.6 is 71.0 Å². The highest BCUT2D eigenvalue weighted by Gasteiger charge is 2.31. The Morgan fingerprint density at radius 1 is 1.50 bits per heavy atom. The Morgan fingerprint density at radius 3 is 2.00 bits per heavy atom. The van der Waals surface area contributed by atoms with Crippen LogP contribution in [0.2, 0.25) is 0 Å². The molecule has 0 amide bonds. The molecule has 1 atom stereocenters. The molecular formula is C3HBr3Cl2O2. The van der Waals surface area contributed by atoms with Crippen LogP contribution in [0.4, 0.5) is 4.79 Å². The Balaban J connectivity index is 3.85. The van der Waals surface area contributed by atoms with E-state index in [1.807, 2.05) is 0 Å². The zero-order valence-electron chi connectivity index (χ0n) is 4.28. The van der Waals surface area contributed by atoms with E-state index in [1.54, 1.807) is 0 Å². The summed E-state index contributed by atoms with van der Waals surface area (Å²) in [5.74, 6) is 0. The van der Waals surface area contributed by atoms with Crippen molar-refractivity contribution in [2.24, 2.45) is 0 Å². The summed E-state index contributed by atoms with van der Waals surface area (Å²) < 4.78 is 3.53. The summed E-state index contributed by atoms with van der Waals surface area (Å²) in [4.78, 5) is 10.1. The summed E-state index contributed by atoms with van der Waals surface area (Å²) in [6.07, 6.45) is 0. The van der Waals surface area contributed by atoms with Crippen molar-refractivity contribution in [3.8, 4) is 0 Å². The molecule has 0 aliphatic rings. The Hall–Kier alpha value is 1.49. The standard InChI is InChI=1S/C3HBr3Cl2O2/c4-3(5,6)1(7)10-2(8)9/h1H. The molecule has 0 fully saturated rings. The van der Waals surface area contributed by atoms with Crippen LogP contribution in [0.1, 0.15) is 0 Å². The second-order valence-corrected chi connectivity index (χ2v) is 8.86. The monoisotopic (exact) mass is 376 g/mol. The molecule has 0 heterocycles. The van der Waals surface area contributed by atoms with E-state index in [9.17, 15) is 4.79 Å². The minimum atomic E-state index is -0.956. The Morgan fingerprint density at radius 2 is 1.90 bits per heavy atom. The molecule has 0 aromatic rings. The molecule has 0 aliphatic carbocycles. The first-order chi connectivity index (χ1) is 4.34. The SMILES string of the molecule is O=C(Cl)OC(Cl)C(Br)(Br)Br. The third-order valence-corrected chi connectivity index (χ3v) is 3.00. The normalized spacial score (nSPS) is 14.5. The predicted octanol–water partition coefficient (Wildman–Crippen LogP) is 3.77. The molecule has 0 saturated carbocycles. The van der Waals surface area contributed by atoms with Crippen molar-refractivity contribution in [2.45, 2.75) is 7.71 Å². The van der Waals surface area contributed by atoms with Gasteiger partial charge in [-0.2, -0.15) is 0 Å². The molecule has 0 spiro atoms. The second-order valence-electron chi connectivity index (χ2n) is 1.21. The fourth-order valence-corrected chi connectivity index (χ4v) is 0.644. The van der Waals surface area contributed by atoms with Crippen LogP contribution in [-0.4, -0.2) is 13.1 Å². The third kappa shape index (κ3) is 5.18. The van der Waals surface area contributed by atoms with E-state index in [0.717, 1.165) is 0 Å². The minimum Gasteiger partial charge on any atom is -0.431 e. The van der Waals surface area contributed by atoms with E-state index in [-0.39, 0.29) is 0 Å². The molecule has 0 rings (SSSR count). The largest absolute Gasteiger partial charge is 0.431 e.